The van der Waals surface area contributed by atoms with E-state index in [1.165, 1.54) is 38.1 Å². The van der Waals surface area contributed by atoms with Gasteiger partial charge in [0.1, 0.15) is 22.8 Å². The molecule has 12 nitrogen and oxygen atoms in total. The molecular formula is C29H29ClN2O10. The van der Waals surface area contributed by atoms with Crippen molar-refractivity contribution in [1.29, 1.82) is 0 Å². The minimum atomic E-state index is -2.78. The number of nitrogens with zero attached hydrogens (tertiary/aromatic N) is 1. The van der Waals surface area contributed by atoms with Crippen LogP contribution in [0.5, 0.6) is 5.75 Å². The van der Waals surface area contributed by atoms with Gasteiger partial charge < -0.3 is 36.4 Å². The number of carboxylic acids is 1. The summed E-state index contributed by atoms with van der Waals surface area (Å²) in [6.07, 6.45) is -0.259. The lowest BCUT2D eigenvalue weighted by atomic mass is 9.54. The normalized spacial score (nSPS) is 28.4. The molecule has 3 aliphatic rings. The van der Waals surface area contributed by atoms with E-state index in [1.54, 1.807) is 30.3 Å². The van der Waals surface area contributed by atoms with Crippen molar-refractivity contribution >= 4 is 40.8 Å². The second-order valence-electron chi connectivity index (χ2n) is 10.7. The topological polar surface area (TPSA) is 219 Å². The van der Waals surface area contributed by atoms with Crippen LogP contribution in [0.4, 0.5) is 0 Å². The summed E-state index contributed by atoms with van der Waals surface area (Å²) in [6, 6.07) is 9.54. The van der Waals surface area contributed by atoms with Crippen molar-refractivity contribution in [3.8, 4) is 5.75 Å². The number of likely N-dealkylation sites (N-methyl/N-ethyl adjacent to an activating group) is 1. The van der Waals surface area contributed by atoms with E-state index >= 15 is 0 Å². The molecule has 2 aromatic rings. The monoisotopic (exact) mass is 600 g/mol. The lowest BCUT2D eigenvalue weighted by Crippen LogP contribution is -2.67. The van der Waals surface area contributed by atoms with Crippen LogP contribution < -0.4 is 5.73 Å². The molecule has 13 heteroatoms. The first-order valence-corrected chi connectivity index (χ1v) is 13.0. The maximum Gasteiger partial charge on any atom is 0.335 e. The number of Topliss-reactive ketones (excluding diaryl/α,β-unsaturated/α-hetero) is 2. The molecule has 0 aromatic heterocycles. The fourth-order valence-corrected chi connectivity index (χ4v) is 6.51. The third kappa shape index (κ3) is 4.43. The Kier molecular flexibility index (Phi) is 7.72. The van der Waals surface area contributed by atoms with Crippen molar-refractivity contribution < 1.29 is 49.8 Å². The Hall–Kier alpha value is -4.23. The summed E-state index contributed by atoms with van der Waals surface area (Å²) in [7, 11) is 2.97. The second-order valence-corrected chi connectivity index (χ2v) is 11.2. The standard InChI is InChI=1S/C22H23ClN2O8.C7H6O2/c1-21(32)7-6-8-15(25(2)3)17(28)13(20(24)31)19(30)22(8,33)18(29)11(7)16(27)12-10(26)5-4-9(23)14(12)21;8-7(9)6-4-2-1-3-5-6/h4-5,7-8,15,26-27,30,32-33H,6H2,1-3H3,(H2,24,31);1-5H,(H,8,9)/t7-,8-,15-,21-,22-;/m0./s1. The molecule has 0 bridgehead atoms. The summed E-state index contributed by atoms with van der Waals surface area (Å²) >= 11 is 6.28. The van der Waals surface area contributed by atoms with E-state index in [0.717, 1.165) is 0 Å². The highest BCUT2D eigenvalue weighted by molar-refractivity contribution is 6.32. The molecule has 0 saturated heterocycles. The molecule has 3 aliphatic carbocycles. The number of phenolic OH excluding ortho intramolecular Hbond substituents is 1. The third-order valence-electron chi connectivity index (χ3n) is 8.09. The van der Waals surface area contributed by atoms with Crippen LogP contribution in [0.3, 0.4) is 0 Å². The summed E-state index contributed by atoms with van der Waals surface area (Å²) in [4.78, 5) is 50.3. The highest BCUT2D eigenvalue weighted by atomic mass is 35.5. The lowest BCUT2D eigenvalue weighted by Gasteiger charge is -2.53. The summed E-state index contributed by atoms with van der Waals surface area (Å²) < 4.78 is 0. The van der Waals surface area contributed by atoms with Crippen molar-refractivity contribution in [2.45, 2.75) is 30.6 Å². The Labute approximate surface area is 244 Å². The van der Waals surface area contributed by atoms with Crippen molar-refractivity contribution in [3.05, 3.63) is 81.1 Å². The smallest absolute Gasteiger partial charge is 0.335 e. The summed E-state index contributed by atoms with van der Waals surface area (Å²) in [6.45, 7) is 1.34. The highest BCUT2D eigenvalue weighted by Crippen LogP contribution is 2.58. The van der Waals surface area contributed by atoms with E-state index in [0.29, 0.717) is 5.56 Å². The number of hydrogen-bond acceptors (Lipinski definition) is 10. The number of aromatic hydroxyl groups is 1. The van der Waals surface area contributed by atoms with E-state index in [9.17, 15) is 44.7 Å². The number of rotatable bonds is 3. The third-order valence-corrected chi connectivity index (χ3v) is 8.41. The maximum atomic E-state index is 13.7. The molecule has 1 amide bonds. The van der Waals surface area contributed by atoms with Crippen LogP contribution in [0.25, 0.3) is 5.76 Å². The Morgan fingerprint density at radius 3 is 2.12 bits per heavy atom. The number of carboxylic acid groups (broad SMARTS) is 1. The molecule has 5 rings (SSSR count). The number of aromatic carboxylic acids is 1. The average molecular weight is 601 g/mol. The van der Waals surface area contributed by atoms with Crippen LogP contribution >= 0.6 is 11.6 Å². The lowest BCUT2D eigenvalue weighted by molar-refractivity contribution is -0.159. The molecule has 2 aromatic carbocycles. The first-order chi connectivity index (χ1) is 19.5. The SMILES string of the molecule is CN(C)[C@@H]1C(=O)C(C(N)=O)=C(O)[C@@]2(O)C(=O)C3=C(O)c4c(O)ccc(Cl)c4[C@@](C)(O)[C@H]3C[C@@H]12.O=C(O)c1ccccc1. The number of amides is 1. The molecular weight excluding hydrogens is 572 g/mol. The summed E-state index contributed by atoms with van der Waals surface area (Å²) in [5.74, 6) is -9.18. The molecule has 1 fully saturated rings. The first-order valence-electron chi connectivity index (χ1n) is 12.7. The second kappa shape index (κ2) is 10.6. The van der Waals surface area contributed by atoms with Gasteiger partial charge in [0, 0.05) is 28.0 Å². The van der Waals surface area contributed by atoms with Gasteiger partial charge in [0.15, 0.2) is 11.4 Å². The Morgan fingerprint density at radius 1 is 1.02 bits per heavy atom. The van der Waals surface area contributed by atoms with Gasteiger partial charge >= 0.3 is 5.97 Å². The van der Waals surface area contributed by atoms with Crippen LogP contribution in [0.15, 0.2) is 59.4 Å². The number of primary amides is 1. The molecule has 0 heterocycles. The van der Waals surface area contributed by atoms with Gasteiger partial charge in [-0.3, -0.25) is 19.3 Å². The van der Waals surface area contributed by atoms with E-state index in [4.69, 9.17) is 22.4 Å². The molecule has 1 saturated carbocycles. The van der Waals surface area contributed by atoms with Gasteiger partial charge in [0.2, 0.25) is 5.78 Å². The fraction of sp³-hybridized carbons (Fsp3) is 0.310. The van der Waals surface area contributed by atoms with Crippen molar-refractivity contribution in [2.75, 3.05) is 14.1 Å². The van der Waals surface area contributed by atoms with Gasteiger partial charge in [-0.2, -0.15) is 0 Å². The number of aliphatic hydroxyl groups excluding tert-OH is 2. The number of ketones is 2. The Morgan fingerprint density at radius 2 is 1.62 bits per heavy atom. The minimum Gasteiger partial charge on any atom is -0.508 e. The zero-order valence-electron chi connectivity index (χ0n) is 22.7. The average Bonchev–Trinajstić information content (AvgIpc) is 2.91. The zero-order chi connectivity index (χ0) is 31.5. The molecule has 5 atom stereocenters. The Bertz CT molecular complexity index is 1580. The number of halogens is 1. The number of benzene rings is 2. The number of carbonyl (C=O) groups excluding carboxylic acids is 3. The predicted molar refractivity (Wildman–Crippen MR) is 149 cm³/mol. The van der Waals surface area contributed by atoms with E-state index in [2.05, 4.69) is 0 Å². The van der Waals surface area contributed by atoms with E-state index in [-0.39, 0.29) is 22.6 Å². The van der Waals surface area contributed by atoms with Crippen LogP contribution in [0, 0.1) is 11.8 Å². The predicted octanol–water partition coefficient (Wildman–Crippen LogP) is 1.67. The van der Waals surface area contributed by atoms with Crippen LogP contribution in [0.1, 0.15) is 34.8 Å². The number of phenols is 1. The fourth-order valence-electron chi connectivity index (χ4n) is 6.16. The Balaban J connectivity index is 0.000000385. The van der Waals surface area contributed by atoms with Crippen LogP contribution in [-0.2, 0) is 20.0 Å². The first kappa shape index (κ1) is 30.7. The van der Waals surface area contributed by atoms with Gasteiger partial charge in [0.25, 0.3) is 5.91 Å². The zero-order valence-corrected chi connectivity index (χ0v) is 23.5. The number of hydrogen-bond donors (Lipinski definition) is 7. The minimum absolute atomic E-state index is 0.0187. The summed E-state index contributed by atoms with van der Waals surface area (Å²) in [5, 5.41) is 63.6. The van der Waals surface area contributed by atoms with Gasteiger partial charge in [-0.25, -0.2) is 4.79 Å². The van der Waals surface area contributed by atoms with Crippen molar-refractivity contribution in [2.24, 2.45) is 17.6 Å². The van der Waals surface area contributed by atoms with Crippen LogP contribution in [-0.4, -0.2) is 84.7 Å². The molecule has 0 radical (unpaired) electrons. The van der Waals surface area contributed by atoms with Gasteiger partial charge in [0.05, 0.1) is 22.8 Å². The molecule has 0 unspecified atom stereocenters. The number of fused-ring (bicyclic) bond motifs is 3. The highest BCUT2D eigenvalue weighted by Gasteiger charge is 2.66. The summed E-state index contributed by atoms with van der Waals surface area (Å²) in [5.41, 5.74) is -0.774. The van der Waals surface area contributed by atoms with Gasteiger partial charge in [-0.05, 0) is 51.7 Å². The molecule has 0 aliphatic heterocycles. The van der Waals surface area contributed by atoms with E-state index < -0.39 is 80.9 Å². The van der Waals surface area contributed by atoms with Crippen molar-refractivity contribution in [3.63, 3.8) is 0 Å². The van der Waals surface area contributed by atoms with Gasteiger partial charge in [-0.15, -0.1) is 0 Å². The number of aliphatic hydroxyl groups is 4. The maximum absolute atomic E-state index is 13.7. The van der Waals surface area contributed by atoms with Crippen molar-refractivity contribution in [1.82, 2.24) is 4.90 Å². The van der Waals surface area contributed by atoms with Crippen LogP contribution in [0.2, 0.25) is 5.02 Å². The molecule has 8 N–H and O–H groups in total. The largest absolute Gasteiger partial charge is 0.508 e. The molecule has 222 valence electrons. The van der Waals surface area contributed by atoms with E-state index in [1.807, 2.05) is 0 Å². The number of carbonyl (C=O) groups is 4. The quantitative estimate of drug-likeness (QED) is 0.251. The van der Waals surface area contributed by atoms with Gasteiger partial charge in [-0.1, -0.05) is 29.8 Å². The molecule has 0 spiro atoms. The number of nitrogens with two attached hydrogens (primary N) is 1. The molecule has 42 heavy (non-hydrogen) atoms.